The van der Waals surface area contributed by atoms with E-state index >= 15 is 0 Å². The van der Waals surface area contributed by atoms with Crippen LogP contribution in [0.1, 0.15) is 32.8 Å². The van der Waals surface area contributed by atoms with Crippen molar-refractivity contribution in [3.8, 4) is 0 Å². The summed E-state index contributed by atoms with van der Waals surface area (Å²) in [6, 6.07) is 0.393. The normalized spacial score (nSPS) is 10.7. The molecule has 0 saturated carbocycles. The third-order valence-corrected chi connectivity index (χ3v) is 2.22. The molecule has 4 heteroatoms. The van der Waals surface area contributed by atoms with Gasteiger partial charge < -0.3 is 10.0 Å². The number of aromatic nitrogens is 2. The Morgan fingerprint density at radius 3 is 2.33 bits per heavy atom. The van der Waals surface area contributed by atoms with Crippen LogP contribution < -0.4 is 4.90 Å². The fourth-order valence-corrected chi connectivity index (χ4v) is 1.41. The molecule has 84 valence electrons. The van der Waals surface area contributed by atoms with E-state index in [2.05, 4.69) is 35.6 Å². The van der Waals surface area contributed by atoms with Crippen molar-refractivity contribution in [2.24, 2.45) is 0 Å². The molecule has 15 heavy (non-hydrogen) atoms. The summed E-state index contributed by atoms with van der Waals surface area (Å²) >= 11 is 0. The molecule has 0 aliphatic carbocycles. The molecule has 0 amide bonds. The van der Waals surface area contributed by atoms with Crippen molar-refractivity contribution in [2.45, 2.75) is 39.8 Å². The van der Waals surface area contributed by atoms with Gasteiger partial charge in [-0.25, -0.2) is 9.97 Å². The van der Waals surface area contributed by atoms with Crippen LogP contribution in [0.2, 0.25) is 0 Å². The van der Waals surface area contributed by atoms with Crippen molar-refractivity contribution in [3.63, 3.8) is 0 Å². The van der Waals surface area contributed by atoms with Crippen LogP contribution >= 0.6 is 0 Å². The first-order valence-corrected chi connectivity index (χ1v) is 5.37. The molecule has 0 aliphatic rings. The predicted octanol–water partition coefficient (Wildman–Crippen LogP) is 1.59. The van der Waals surface area contributed by atoms with E-state index in [0.717, 1.165) is 24.5 Å². The quantitative estimate of drug-likeness (QED) is 0.800. The largest absolute Gasteiger partial charge is 0.392 e. The van der Waals surface area contributed by atoms with E-state index in [1.165, 1.54) is 0 Å². The van der Waals surface area contributed by atoms with Crippen LogP contribution in [0, 0.1) is 0 Å². The molecule has 0 aliphatic heterocycles. The zero-order valence-electron chi connectivity index (χ0n) is 9.64. The van der Waals surface area contributed by atoms with Crippen LogP contribution in [-0.2, 0) is 6.61 Å². The fraction of sp³-hybridized carbons (Fsp3) is 0.636. The lowest BCUT2D eigenvalue weighted by molar-refractivity contribution is 0.281. The van der Waals surface area contributed by atoms with Crippen molar-refractivity contribution >= 4 is 5.95 Å². The van der Waals surface area contributed by atoms with Crippen LogP contribution in [0.4, 0.5) is 5.95 Å². The number of aliphatic hydroxyl groups is 1. The molecule has 0 saturated heterocycles. The molecule has 0 aromatic carbocycles. The fourth-order valence-electron chi connectivity index (χ4n) is 1.41. The van der Waals surface area contributed by atoms with E-state index in [4.69, 9.17) is 5.11 Å². The SMILES string of the molecule is CCCN(c1ncc(CO)cn1)C(C)C. The summed E-state index contributed by atoms with van der Waals surface area (Å²) in [7, 11) is 0. The highest BCUT2D eigenvalue weighted by Gasteiger charge is 2.11. The molecule has 1 aromatic heterocycles. The second kappa shape index (κ2) is 5.66. The van der Waals surface area contributed by atoms with E-state index in [0.29, 0.717) is 6.04 Å². The number of nitrogens with zero attached hydrogens (tertiary/aromatic N) is 3. The Labute approximate surface area is 91.0 Å². The van der Waals surface area contributed by atoms with Gasteiger partial charge in [-0.15, -0.1) is 0 Å². The van der Waals surface area contributed by atoms with E-state index in [9.17, 15) is 0 Å². The average Bonchev–Trinajstić information content (AvgIpc) is 2.26. The number of rotatable bonds is 5. The van der Waals surface area contributed by atoms with Gasteiger partial charge in [0.25, 0.3) is 0 Å². The molecule has 0 spiro atoms. The lowest BCUT2D eigenvalue weighted by Crippen LogP contribution is -2.33. The summed E-state index contributed by atoms with van der Waals surface area (Å²) in [6.07, 6.45) is 4.42. The highest BCUT2D eigenvalue weighted by molar-refractivity contribution is 5.30. The van der Waals surface area contributed by atoms with Gasteiger partial charge in [-0.2, -0.15) is 0 Å². The zero-order chi connectivity index (χ0) is 11.3. The lowest BCUT2D eigenvalue weighted by Gasteiger charge is -2.26. The Hall–Kier alpha value is -1.16. The highest BCUT2D eigenvalue weighted by Crippen LogP contribution is 2.11. The molecule has 1 aromatic rings. The summed E-state index contributed by atoms with van der Waals surface area (Å²) in [4.78, 5) is 10.6. The van der Waals surface area contributed by atoms with Gasteiger partial charge in [0.1, 0.15) is 0 Å². The van der Waals surface area contributed by atoms with Crippen LogP contribution in [-0.4, -0.2) is 27.7 Å². The molecule has 1 rings (SSSR count). The van der Waals surface area contributed by atoms with Gasteiger partial charge in [0.2, 0.25) is 5.95 Å². The molecule has 0 fully saturated rings. The molecule has 0 unspecified atom stereocenters. The van der Waals surface area contributed by atoms with Crippen LogP contribution in [0.5, 0.6) is 0 Å². The van der Waals surface area contributed by atoms with Crippen LogP contribution in [0.25, 0.3) is 0 Å². The lowest BCUT2D eigenvalue weighted by atomic mass is 10.3. The average molecular weight is 209 g/mol. The summed E-state index contributed by atoms with van der Waals surface area (Å²) in [5.41, 5.74) is 0.749. The highest BCUT2D eigenvalue weighted by atomic mass is 16.3. The molecule has 1 N–H and O–H groups in total. The third kappa shape index (κ3) is 3.16. The number of hydrogen-bond acceptors (Lipinski definition) is 4. The maximum atomic E-state index is 8.89. The Bertz CT molecular complexity index is 284. The molecule has 0 radical (unpaired) electrons. The summed E-state index contributed by atoms with van der Waals surface area (Å²) in [6.45, 7) is 7.33. The van der Waals surface area contributed by atoms with Gasteiger partial charge in [-0.05, 0) is 20.3 Å². The Kier molecular flexibility index (Phi) is 4.49. The number of hydrogen-bond donors (Lipinski definition) is 1. The molecule has 0 bridgehead atoms. The van der Waals surface area contributed by atoms with Crippen LogP contribution in [0.15, 0.2) is 12.4 Å². The van der Waals surface area contributed by atoms with Gasteiger partial charge in [0.15, 0.2) is 0 Å². The first-order chi connectivity index (χ1) is 7.19. The Morgan fingerprint density at radius 2 is 1.93 bits per heavy atom. The Morgan fingerprint density at radius 1 is 1.33 bits per heavy atom. The monoisotopic (exact) mass is 209 g/mol. The van der Waals surface area contributed by atoms with Crippen molar-refractivity contribution in [1.29, 1.82) is 0 Å². The molecular weight excluding hydrogens is 190 g/mol. The molecule has 1 heterocycles. The summed E-state index contributed by atoms with van der Waals surface area (Å²) in [5, 5.41) is 8.89. The topological polar surface area (TPSA) is 49.2 Å². The van der Waals surface area contributed by atoms with E-state index in [1.807, 2.05) is 0 Å². The predicted molar refractivity (Wildman–Crippen MR) is 60.7 cm³/mol. The van der Waals surface area contributed by atoms with E-state index in [-0.39, 0.29) is 6.61 Å². The Balaban J connectivity index is 2.81. The van der Waals surface area contributed by atoms with E-state index in [1.54, 1.807) is 12.4 Å². The number of anilines is 1. The second-order valence-electron chi connectivity index (χ2n) is 3.84. The van der Waals surface area contributed by atoms with Crippen molar-refractivity contribution in [3.05, 3.63) is 18.0 Å². The first kappa shape index (κ1) is 11.9. The smallest absolute Gasteiger partial charge is 0.225 e. The third-order valence-electron chi connectivity index (χ3n) is 2.22. The van der Waals surface area contributed by atoms with Crippen molar-refractivity contribution < 1.29 is 5.11 Å². The van der Waals surface area contributed by atoms with Crippen LogP contribution in [0.3, 0.4) is 0 Å². The molecule has 0 atom stereocenters. The van der Waals surface area contributed by atoms with Crippen molar-refractivity contribution in [2.75, 3.05) is 11.4 Å². The second-order valence-corrected chi connectivity index (χ2v) is 3.84. The van der Waals surface area contributed by atoms with Gasteiger partial charge in [0, 0.05) is 30.5 Å². The van der Waals surface area contributed by atoms with Gasteiger partial charge >= 0.3 is 0 Å². The maximum absolute atomic E-state index is 8.89. The first-order valence-electron chi connectivity index (χ1n) is 5.37. The molecule has 4 nitrogen and oxygen atoms in total. The minimum absolute atomic E-state index is 0.00423. The molecular formula is C11H19N3O. The van der Waals surface area contributed by atoms with Gasteiger partial charge in [0.05, 0.1) is 6.61 Å². The van der Waals surface area contributed by atoms with Crippen molar-refractivity contribution in [1.82, 2.24) is 9.97 Å². The minimum atomic E-state index is -0.00423. The maximum Gasteiger partial charge on any atom is 0.225 e. The zero-order valence-corrected chi connectivity index (χ0v) is 9.64. The van der Waals surface area contributed by atoms with Gasteiger partial charge in [-0.3, -0.25) is 0 Å². The standard InChI is InChI=1S/C11H19N3O/c1-4-5-14(9(2)3)11-12-6-10(8-15)7-13-11/h6-7,9,15H,4-5,8H2,1-3H3. The summed E-state index contributed by atoms with van der Waals surface area (Å²) < 4.78 is 0. The summed E-state index contributed by atoms with van der Waals surface area (Å²) in [5.74, 6) is 0.740. The minimum Gasteiger partial charge on any atom is -0.392 e. The van der Waals surface area contributed by atoms with Gasteiger partial charge in [-0.1, -0.05) is 6.92 Å². The number of aliphatic hydroxyl groups excluding tert-OH is 1. The van der Waals surface area contributed by atoms with E-state index < -0.39 is 0 Å².